The van der Waals surface area contributed by atoms with E-state index in [0.717, 1.165) is 22.8 Å². The Kier molecular flexibility index (Phi) is 3.53. The Balaban J connectivity index is 1.44. The number of hydrogen-bond acceptors (Lipinski definition) is 3. The molecule has 0 bridgehead atoms. The molecule has 1 aromatic carbocycles. The highest BCUT2D eigenvalue weighted by molar-refractivity contribution is 5.93. The van der Waals surface area contributed by atoms with Crippen molar-refractivity contribution in [3.63, 3.8) is 0 Å². The van der Waals surface area contributed by atoms with Crippen molar-refractivity contribution in [2.75, 3.05) is 6.54 Å². The molecule has 0 atom stereocenters. The van der Waals surface area contributed by atoms with Gasteiger partial charge in [-0.05, 0) is 12.1 Å². The summed E-state index contributed by atoms with van der Waals surface area (Å²) in [5.41, 5.74) is 3.11. The summed E-state index contributed by atoms with van der Waals surface area (Å²) < 4.78 is 15.9. The third-order valence-corrected chi connectivity index (χ3v) is 4.84. The molecule has 0 saturated heterocycles. The number of aromatic amines is 1. The van der Waals surface area contributed by atoms with Crippen molar-refractivity contribution in [2.45, 2.75) is 13.0 Å². The Labute approximate surface area is 154 Å². The van der Waals surface area contributed by atoms with Gasteiger partial charge in [0.05, 0.1) is 17.9 Å². The van der Waals surface area contributed by atoms with E-state index in [1.54, 1.807) is 29.3 Å². The molecular formula is C20H16FN5O. The van der Waals surface area contributed by atoms with Gasteiger partial charge in [-0.2, -0.15) is 4.39 Å². The van der Waals surface area contributed by atoms with Crippen LogP contribution >= 0.6 is 0 Å². The van der Waals surface area contributed by atoms with Crippen molar-refractivity contribution in [1.29, 1.82) is 0 Å². The first-order valence-electron chi connectivity index (χ1n) is 8.76. The summed E-state index contributed by atoms with van der Waals surface area (Å²) in [6, 6.07) is 15.0. The molecular weight excluding hydrogens is 345 g/mol. The van der Waals surface area contributed by atoms with Gasteiger partial charge in [0, 0.05) is 24.7 Å². The van der Waals surface area contributed by atoms with Crippen molar-refractivity contribution in [3.05, 3.63) is 77.8 Å². The minimum Gasteiger partial charge on any atom is -0.340 e. The second kappa shape index (κ2) is 6.05. The fraction of sp³-hybridized carbons (Fsp3) is 0.150. The monoisotopic (exact) mass is 361 g/mol. The van der Waals surface area contributed by atoms with E-state index in [1.807, 2.05) is 30.3 Å². The quantitative estimate of drug-likeness (QED) is 0.597. The van der Waals surface area contributed by atoms with Gasteiger partial charge in [-0.25, -0.2) is 9.97 Å². The molecule has 0 radical (unpaired) electrons. The van der Waals surface area contributed by atoms with Gasteiger partial charge >= 0.3 is 0 Å². The Bertz CT molecular complexity index is 1150. The number of imidazole rings is 2. The summed E-state index contributed by atoms with van der Waals surface area (Å²) in [4.78, 5) is 26.6. The molecule has 1 N–H and O–H groups in total. The lowest BCUT2D eigenvalue weighted by Crippen LogP contribution is -2.36. The van der Waals surface area contributed by atoms with Crippen molar-refractivity contribution in [1.82, 2.24) is 24.3 Å². The predicted octanol–water partition coefficient (Wildman–Crippen LogP) is 3.06. The molecule has 0 fully saturated rings. The summed E-state index contributed by atoms with van der Waals surface area (Å²) in [6.45, 7) is 0.847. The number of H-pyrrole nitrogens is 1. The molecule has 5 rings (SSSR count). The van der Waals surface area contributed by atoms with Crippen LogP contribution in [0.15, 0.2) is 54.7 Å². The number of pyridine rings is 1. The van der Waals surface area contributed by atoms with Crippen LogP contribution in [0.3, 0.4) is 0 Å². The fourth-order valence-electron chi connectivity index (χ4n) is 3.45. The molecule has 0 spiro atoms. The van der Waals surface area contributed by atoms with Crippen LogP contribution in [0.5, 0.6) is 0 Å². The number of nitrogens with zero attached hydrogens (tertiary/aromatic N) is 4. The highest BCUT2D eigenvalue weighted by atomic mass is 19.1. The molecule has 1 amide bonds. The molecule has 7 heteroatoms. The molecule has 1 aliphatic heterocycles. The SMILES string of the molecule is O=C(c1nc2ccccn2c1F)N1CCc2nc(-c3ccccc3)[nH]c2C1. The van der Waals surface area contributed by atoms with Gasteiger partial charge in [0.25, 0.3) is 5.91 Å². The van der Waals surface area contributed by atoms with Gasteiger partial charge in [0.15, 0.2) is 5.69 Å². The highest BCUT2D eigenvalue weighted by Gasteiger charge is 2.29. The van der Waals surface area contributed by atoms with Gasteiger partial charge in [-0.3, -0.25) is 9.20 Å². The normalized spacial score (nSPS) is 13.7. The third kappa shape index (κ3) is 2.59. The van der Waals surface area contributed by atoms with Crippen LogP contribution in [0.1, 0.15) is 21.9 Å². The highest BCUT2D eigenvalue weighted by Crippen LogP contribution is 2.24. The standard InChI is InChI=1S/C20H16FN5O/c21-18-17(24-16-8-4-5-10-26(16)18)20(27)25-11-9-14-15(12-25)23-19(22-14)13-6-2-1-3-7-13/h1-8,10H,9,11-12H2,(H,22,23). The largest absolute Gasteiger partial charge is 0.340 e. The van der Waals surface area contributed by atoms with E-state index in [-0.39, 0.29) is 5.69 Å². The minimum atomic E-state index is -0.629. The van der Waals surface area contributed by atoms with E-state index in [9.17, 15) is 9.18 Å². The fourth-order valence-corrected chi connectivity index (χ4v) is 3.45. The summed E-state index contributed by atoms with van der Waals surface area (Å²) in [5, 5.41) is 0. The molecule has 27 heavy (non-hydrogen) atoms. The number of carbonyl (C=O) groups excluding carboxylic acids is 1. The van der Waals surface area contributed by atoms with Gasteiger partial charge in [-0.1, -0.05) is 36.4 Å². The van der Waals surface area contributed by atoms with Crippen molar-refractivity contribution in [3.8, 4) is 11.4 Å². The van der Waals surface area contributed by atoms with Crippen LogP contribution in [0, 0.1) is 5.95 Å². The van der Waals surface area contributed by atoms with Gasteiger partial charge in [-0.15, -0.1) is 0 Å². The number of aromatic nitrogens is 4. The topological polar surface area (TPSA) is 66.3 Å². The lowest BCUT2D eigenvalue weighted by Gasteiger charge is -2.25. The lowest BCUT2D eigenvalue weighted by molar-refractivity contribution is 0.0721. The number of halogens is 1. The number of benzene rings is 1. The van der Waals surface area contributed by atoms with E-state index < -0.39 is 11.9 Å². The van der Waals surface area contributed by atoms with Crippen LogP contribution in [0.25, 0.3) is 17.0 Å². The first-order chi connectivity index (χ1) is 13.2. The van der Waals surface area contributed by atoms with Crippen LogP contribution < -0.4 is 0 Å². The number of fused-ring (bicyclic) bond motifs is 2. The number of hydrogen-bond donors (Lipinski definition) is 1. The van der Waals surface area contributed by atoms with Crippen molar-refractivity contribution >= 4 is 11.6 Å². The number of nitrogens with one attached hydrogen (secondary N) is 1. The number of amides is 1. The third-order valence-electron chi connectivity index (χ3n) is 4.84. The van der Waals surface area contributed by atoms with E-state index in [2.05, 4.69) is 15.0 Å². The molecule has 0 unspecified atom stereocenters. The van der Waals surface area contributed by atoms with Crippen molar-refractivity contribution < 1.29 is 9.18 Å². The summed E-state index contributed by atoms with van der Waals surface area (Å²) in [7, 11) is 0. The lowest BCUT2D eigenvalue weighted by atomic mass is 10.1. The Hall–Kier alpha value is -3.48. The van der Waals surface area contributed by atoms with Gasteiger partial charge in [0.2, 0.25) is 5.95 Å². The van der Waals surface area contributed by atoms with E-state index in [4.69, 9.17) is 0 Å². The Morgan fingerprint density at radius 2 is 1.89 bits per heavy atom. The second-order valence-corrected chi connectivity index (χ2v) is 6.53. The van der Waals surface area contributed by atoms with E-state index >= 15 is 0 Å². The van der Waals surface area contributed by atoms with Crippen LogP contribution in [0.2, 0.25) is 0 Å². The maximum Gasteiger partial charge on any atom is 0.277 e. The van der Waals surface area contributed by atoms with Gasteiger partial charge < -0.3 is 9.88 Å². The Morgan fingerprint density at radius 3 is 2.70 bits per heavy atom. The molecule has 4 heterocycles. The molecule has 134 valence electrons. The average molecular weight is 361 g/mol. The zero-order valence-corrected chi connectivity index (χ0v) is 14.4. The summed E-state index contributed by atoms with van der Waals surface area (Å²) >= 11 is 0. The van der Waals surface area contributed by atoms with Crippen LogP contribution in [-0.2, 0) is 13.0 Å². The molecule has 1 aliphatic rings. The zero-order valence-electron chi connectivity index (χ0n) is 14.4. The Morgan fingerprint density at radius 1 is 1.07 bits per heavy atom. The molecule has 0 aliphatic carbocycles. The second-order valence-electron chi connectivity index (χ2n) is 6.53. The molecule has 4 aromatic rings. The zero-order chi connectivity index (χ0) is 18.4. The van der Waals surface area contributed by atoms with Crippen molar-refractivity contribution in [2.24, 2.45) is 0 Å². The smallest absolute Gasteiger partial charge is 0.277 e. The summed E-state index contributed by atoms with van der Waals surface area (Å²) in [5.74, 6) is -0.248. The first kappa shape index (κ1) is 15.7. The predicted molar refractivity (Wildman–Crippen MR) is 97.6 cm³/mol. The van der Waals surface area contributed by atoms with Crippen LogP contribution in [0.4, 0.5) is 4.39 Å². The maximum absolute atomic E-state index is 14.6. The molecule has 6 nitrogen and oxygen atoms in total. The number of carbonyl (C=O) groups is 1. The van der Waals surface area contributed by atoms with Gasteiger partial charge in [0.1, 0.15) is 11.5 Å². The number of rotatable bonds is 2. The first-order valence-corrected chi connectivity index (χ1v) is 8.76. The maximum atomic E-state index is 14.6. The molecule has 0 saturated carbocycles. The molecule has 3 aromatic heterocycles. The van der Waals surface area contributed by atoms with E-state index in [1.165, 1.54) is 4.40 Å². The minimum absolute atomic E-state index is 0.146. The summed E-state index contributed by atoms with van der Waals surface area (Å²) in [6.07, 6.45) is 2.18. The average Bonchev–Trinajstić information content (AvgIpc) is 3.29. The van der Waals surface area contributed by atoms with Crippen LogP contribution in [-0.4, -0.2) is 36.7 Å². The van der Waals surface area contributed by atoms with E-state index in [0.29, 0.717) is 25.2 Å².